The first-order valence-corrected chi connectivity index (χ1v) is 27.2. The Bertz CT molecular complexity index is 3060. The number of unbranched alkanes of at least 4 members (excludes halogenated alkanes) is 6. The lowest BCUT2D eigenvalue weighted by molar-refractivity contribution is -0.128. The fourth-order valence-corrected chi connectivity index (χ4v) is 5.80. The highest BCUT2D eigenvalue weighted by Crippen LogP contribution is 2.21. The molecule has 3 aromatic carbocycles. The second-order valence-electron chi connectivity index (χ2n) is 18.0. The van der Waals surface area contributed by atoms with Gasteiger partial charge < -0.3 is 14.2 Å². The number of anilines is 2. The summed E-state index contributed by atoms with van der Waals surface area (Å²) in [7, 11) is 0. The van der Waals surface area contributed by atoms with Crippen LogP contribution in [0.5, 0.6) is 17.2 Å². The van der Waals surface area contributed by atoms with Crippen LogP contribution in [0.25, 0.3) is 0 Å². The molecule has 1 heterocycles. The van der Waals surface area contributed by atoms with Crippen LogP contribution >= 0.6 is 0 Å². The summed E-state index contributed by atoms with van der Waals surface area (Å²) in [6.45, 7) is 11.1. The summed E-state index contributed by atoms with van der Waals surface area (Å²) in [5.74, 6) is 0.562. The molecule has 0 unspecified atom stereocenters. The number of rotatable bonds is 31. The Hall–Kier alpha value is -9.84. The number of nitrogens with two attached hydrogens (primary N) is 1. The lowest BCUT2D eigenvalue weighted by atomic mass is 10.2. The van der Waals surface area contributed by atoms with Gasteiger partial charge in [0.2, 0.25) is 70.5 Å². The molecule has 9 amide bonds. The van der Waals surface area contributed by atoms with E-state index in [4.69, 9.17) is 20.1 Å². The van der Waals surface area contributed by atoms with E-state index in [-0.39, 0.29) is 96.4 Å². The Balaban J connectivity index is 0.00000111. The number of carbonyl (C=O) groups excluding carboxylic acids is 9. The van der Waals surface area contributed by atoms with Gasteiger partial charge in [0.25, 0.3) is 32.6 Å². The minimum Gasteiger partial charge on any atom is -0.487 e. The van der Waals surface area contributed by atoms with Gasteiger partial charge in [0, 0.05) is 59.3 Å². The molecule has 488 valence electrons. The van der Waals surface area contributed by atoms with Crippen molar-refractivity contribution in [3.63, 3.8) is 0 Å². The molecule has 0 saturated carbocycles. The number of hydrogen-bond acceptors (Lipinski definition) is 24. The third-order valence-electron chi connectivity index (χ3n) is 10.5. The fraction of sp³-hybridized carbons (Fsp3) is 0.529. The van der Waals surface area contributed by atoms with Gasteiger partial charge in [-0.05, 0) is 57.8 Å². The first kappa shape index (κ1) is 78.2. The summed E-state index contributed by atoms with van der Waals surface area (Å²) in [4.78, 5) is 173. The number of nitrogens with one attached hydrogen (secondary N) is 11. The number of ether oxygens (including phenoxy) is 3. The summed E-state index contributed by atoms with van der Waals surface area (Å²) >= 11 is 0. The average Bonchev–Trinajstić information content (AvgIpc) is 1.20. The minimum absolute atomic E-state index is 0.0391. The Morgan fingerprint density at radius 1 is 0.364 bits per heavy atom. The maximum atomic E-state index is 12.8. The van der Waals surface area contributed by atoms with E-state index < -0.39 is 74.1 Å². The number of aromatic nitrogens is 3. The van der Waals surface area contributed by atoms with Crippen LogP contribution in [0.4, 0.5) is 28.9 Å². The molecule has 0 aliphatic carbocycles. The molecule has 13 N–H and O–H groups in total. The van der Waals surface area contributed by atoms with Gasteiger partial charge in [0.1, 0.15) is 5.69 Å². The van der Waals surface area contributed by atoms with E-state index >= 15 is 0 Å². The van der Waals surface area contributed by atoms with Gasteiger partial charge >= 0.3 is 18.2 Å². The number of amides is 9. The molecule has 0 aliphatic rings. The second kappa shape index (κ2) is 44.6. The van der Waals surface area contributed by atoms with E-state index in [1.807, 2.05) is 31.6 Å². The van der Waals surface area contributed by atoms with Crippen molar-refractivity contribution in [3.05, 3.63) is 85.4 Å². The zero-order chi connectivity index (χ0) is 66.7. The SMILES string of the molecule is CC(=O)NNC(=O)CCCCC(=O)NN.CC(=O)NNC(=O)CCCCC(=O)NNc1c(F)c(=O)c1=O.CCCCOc1c(NNC(=O)CCCCC(=O)NNC(C)=O)c(=O)c1=O.CCCCOc1c(OCCCC)c(=O)c1=O.Fc1nc(F)nc(F)n1. The standard InChI is InChI=1S/C16H24N4O6.C12H15FN4O5.C12H18O4.C8H16N4O3.C3F3N3/c1-3-4-9-26-16-13(14(24)15(16)25)20-19-12(23)8-6-5-7-11(22)18-17-10(2)21;1-6(18)14-15-7(19)4-2-3-5-8(20)16-17-10-9(13)11(21)12(10)22;1-3-5-7-15-11-9(13)10(14)12(11)16-8-6-4-2;1-6(13)11-12-8(15)5-3-2-4-7(14)10-9;4-1-7-2(5)9-3(6)8-1/h20H,3-9H2,1-2H3,(H,17,21)(H,18,22)(H,19,23);17H,2-5H2,1H3,(H,14,18)(H,15,19)(H,16,20);3-8H2,1-2H3;2-5,9H2,1H3,(H,10,14)(H,11,13)(H,12,15);. The Morgan fingerprint density at radius 2 is 0.636 bits per heavy atom. The van der Waals surface area contributed by atoms with Crippen LogP contribution in [0, 0.1) is 24.1 Å². The van der Waals surface area contributed by atoms with E-state index in [1.165, 1.54) is 20.8 Å². The first-order chi connectivity index (χ1) is 41.6. The van der Waals surface area contributed by atoms with Crippen molar-refractivity contribution >= 4 is 64.5 Å². The predicted octanol–water partition coefficient (Wildman–Crippen LogP) is -1.14. The van der Waals surface area contributed by atoms with Crippen molar-refractivity contribution in [2.45, 2.75) is 157 Å². The molecule has 0 saturated heterocycles. The Labute approximate surface area is 498 Å². The van der Waals surface area contributed by atoms with Crippen LogP contribution in [0.15, 0.2) is 28.8 Å². The highest BCUT2D eigenvalue weighted by molar-refractivity contribution is 5.82. The summed E-state index contributed by atoms with van der Waals surface area (Å²) in [6, 6.07) is 0. The molecular weight excluding hydrogens is 1190 g/mol. The zero-order valence-electron chi connectivity index (χ0n) is 49.1. The maximum Gasteiger partial charge on any atom is 0.316 e. The topological polar surface area (TPSA) is 481 Å². The van der Waals surface area contributed by atoms with Gasteiger partial charge in [0.15, 0.2) is 11.4 Å². The van der Waals surface area contributed by atoms with Crippen molar-refractivity contribution < 1.29 is 74.9 Å². The van der Waals surface area contributed by atoms with Crippen LogP contribution in [-0.4, -0.2) is 87.9 Å². The van der Waals surface area contributed by atoms with E-state index in [0.29, 0.717) is 64.8 Å². The molecule has 37 heteroatoms. The van der Waals surface area contributed by atoms with E-state index in [0.717, 1.165) is 38.5 Å². The maximum absolute atomic E-state index is 12.8. The smallest absolute Gasteiger partial charge is 0.316 e. The van der Waals surface area contributed by atoms with Crippen LogP contribution in [0.3, 0.4) is 0 Å². The van der Waals surface area contributed by atoms with Crippen molar-refractivity contribution in [2.24, 2.45) is 5.84 Å². The quantitative estimate of drug-likeness (QED) is 0.00707. The molecule has 0 atom stereocenters. The molecule has 88 heavy (non-hydrogen) atoms. The van der Waals surface area contributed by atoms with Crippen molar-refractivity contribution in [1.82, 2.24) is 63.8 Å². The van der Waals surface area contributed by atoms with Crippen molar-refractivity contribution in [1.29, 1.82) is 0 Å². The molecular formula is C51H73F4N15O18. The summed E-state index contributed by atoms with van der Waals surface area (Å²) < 4.78 is 63.6. The van der Waals surface area contributed by atoms with E-state index in [9.17, 15) is 89.5 Å². The fourth-order valence-electron chi connectivity index (χ4n) is 5.80. The Kier molecular flexibility index (Phi) is 39.6. The van der Waals surface area contributed by atoms with Gasteiger partial charge in [-0.2, -0.15) is 32.5 Å². The number of hydrogen-bond donors (Lipinski definition) is 12. The predicted molar refractivity (Wildman–Crippen MR) is 302 cm³/mol. The molecule has 33 nitrogen and oxygen atoms in total. The number of nitrogens with zero attached hydrogens (tertiary/aromatic N) is 3. The van der Waals surface area contributed by atoms with Crippen LogP contribution in [0.1, 0.15) is 157 Å². The van der Waals surface area contributed by atoms with E-state index in [2.05, 4.69) is 63.8 Å². The molecule has 0 aliphatic heterocycles. The molecule has 0 spiro atoms. The number of carbonyl (C=O) groups is 9. The number of hydrazine groups is 6. The van der Waals surface area contributed by atoms with Gasteiger partial charge in [-0.3, -0.25) is 132 Å². The van der Waals surface area contributed by atoms with Crippen molar-refractivity contribution in [3.8, 4) is 17.2 Å². The van der Waals surface area contributed by atoms with Crippen molar-refractivity contribution in [2.75, 3.05) is 30.7 Å². The van der Waals surface area contributed by atoms with Crippen LogP contribution in [-0.2, 0) is 43.2 Å². The van der Waals surface area contributed by atoms with Gasteiger partial charge in [-0.25, -0.2) is 5.84 Å². The summed E-state index contributed by atoms with van der Waals surface area (Å²) in [5.41, 5.74) is 18.5. The third kappa shape index (κ3) is 33.6. The van der Waals surface area contributed by atoms with Gasteiger partial charge in [-0.15, -0.1) is 0 Å². The highest BCUT2D eigenvalue weighted by atomic mass is 19.2. The average molecular weight is 1260 g/mol. The minimum atomic E-state index is -1.46. The third-order valence-corrected chi connectivity index (χ3v) is 10.5. The lowest BCUT2D eigenvalue weighted by Gasteiger charge is -2.14. The largest absolute Gasteiger partial charge is 0.487 e. The molecule has 0 radical (unpaired) electrons. The monoisotopic (exact) mass is 1260 g/mol. The molecule has 4 aromatic rings. The zero-order valence-corrected chi connectivity index (χ0v) is 49.1. The first-order valence-electron chi connectivity index (χ1n) is 27.2. The molecule has 0 bridgehead atoms. The van der Waals surface area contributed by atoms with E-state index in [1.54, 1.807) is 0 Å². The normalized spacial score (nSPS) is 10.0. The summed E-state index contributed by atoms with van der Waals surface area (Å²) in [5, 5.41) is 0. The summed E-state index contributed by atoms with van der Waals surface area (Å²) in [6.07, 6.45) is 4.78. The molecule has 4 rings (SSSR count). The van der Waals surface area contributed by atoms with Gasteiger partial charge in [-0.1, -0.05) is 40.0 Å². The van der Waals surface area contributed by atoms with Crippen LogP contribution < -0.4 is 112 Å². The Morgan fingerprint density at radius 3 is 0.932 bits per heavy atom. The molecule has 1 aromatic heterocycles. The number of halogens is 4. The molecule has 0 fully saturated rings. The van der Waals surface area contributed by atoms with Gasteiger partial charge in [0.05, 0.1) is 19.8 Å². The van der Waals surface area contributed by atoms with Crippen LogP contribution in [0.2, 0.25) is 0 Å². The lowest BCUT2D eigenvalue weighted by Crippen LogP contribution is -2.42. The highest BCUT2D eigenvalue weighted by Gasteiger charge is 2.25. The second-order valence-corrected chi connectivity index (χ2v) is 18.0.